The number of aryl methyl sites for hydroxylation is 1. The third kappa shape index (κ3) is 4.56. The minimum absolute atomic E-state index is 0.810. The van der Waals surface area contributed by atoms with Gasteiger partial charge >= 0.3 is 0 Å². The van der Waals surface area contributed by atoms with E-state index in [1.807, 2.05) is 6.07 Å². The van der Waals surface area contributed by atoms with Crippen LogP contribution in [0.25, 0.3) is 0 Å². The number of anilines is 2. The highest BCUT2D eigenvalue weighted by molar-refractivity contribution is 5.66. The molecule has 16 heavy (non-hydrogen) atoms. The Morgan fingerprint density at radius 1 is 1.25 bits per heavy atom. The highest BCUT2D eigenvalue weighted by Gasteiger charge is 1.98. The van der Waals surface area contributed by atoms with Crippen LogP contribution < -0.4 is 11.1 Å². The van der Waals surface area contributed by atoms with Gasteiger partial charge in [0.05, 0.1) is 11.4 Å². The number of nitrogens with two attached hydrogens (primary N) is 1. The van der Waals surface area contributed by atoms with Crippen LogP contribution in [-0.4, -0.2) is 6.54 Å². The molecule has 0 aliphatic rings. The molecule has 0 aliphatic heterocycles. The molecule has 0 amide bonds. The fourth-order valence-corrected chi connectivity index (χ4v) is 1.74. The number of unbranched alkanes of at least 4 members (excludes halogenated alkanes) is 1. The third-order valence-electron chi connectivity index (χ3n) is 2.73. The van der Waals surface area contributed by atoms with Crippen molar-refractivity contribution in [2.24, 2.45) is 5.92 Å². The monoisotopic (exact) mass is 220 g/mol. The predicted octanol–water partition coefficient (Wildman–Crippen LogP) is 3.82. The number of nitrogens with one attached hydrogen (secondary N) is 1. The second-order valence-electron chi connectivity index (χ2n) is 4.91. The molecule has 1 rings (SSSR count). The van der Waals surface area contributed by atoms with Crippen LogP contribution >= 0.6 is 0 Å². The van der Waals surface area contributed by atoms with Gasteiger partial charge in [-0.2, -0.15) is 0 Å². The summed E-state index contributed by atoms with van der Waals surface area (Å²) in [5, 5.41) is 3.39. The molecule has 0 atom stereocenters. The fraction of sp³-hybridized carbons (Fsp3) is 0.571. The second-order valence-corrected chi connectivity index (χ2v) is 4.91. The Labute approximate surface area is 99.2 Å². The van der Waals surface area contributed by atoms with Gasteiger partial charge in [0.2, 0.25) is 0 Å². The van der Waals surface area contributed by atoms with Crippen molar-refractivity contribution in [2.45, 2.75) is 40.0 Å². The minimum Gasteiger partial charge on any atom is -0.397 e. The lowest BCUT2D eigenvalue weighted by molar-refractivity contribution is 0.545. The standard InChI is InChI=1S/C14H24N2/c1-11(2)6-4-5-9-16-14-8-7-12(3)10-13(14)15/h7-8,10-11,16H,4-6,9,15H2,1-3H3. The quantitative estimate of drug-likeness (QED) is 0.565. The highest BCUT2D eigenvalue weighted by Crippen LogP contribution is 2.19. The largest absolute Gasteiger partial charge is 0.397 e. The van der Waals surface area contributed by atoms with Crippen molar-refractivity contribution in [3.05, 3.63) is 23.8 Å². The van der Waals surface area contributed by atoms with Gasteiger partial charge in [-0.1, -0.05) is 32.8 Å². The highest BCUT2D eigenvalue weighted by atomic mass is 14.9. The topological polar surface area (TPSA) is 38.0 Å². The first-order chi connectivity index (χ1) is 7.59. The first-order valence-corrected chi connectivity index (χ1v) is 6.19. The van der Waals surface area contributed by atoms with Crippen molar-refractivity contribution < 1.29 is 0 Å². The van der Waals surface area contributed by atoms with Crippen LogP contribution in [0.2, 0.25) is 0 Å². The Balaban J connectivity index is 2.27. The van der Waals surface area contributed by atoms with Gasteiger partial charge in [-0.3, -0.25) is 0 Å². The molecule has 90 valence electrons. The molecule has 0 spiro atoms. The Morgan fingerprint density at radius 3 is 2.62 bits per heavy atom. The first-order valence-electron chi connectivity index (χ1n) is 6.19. The van der Waals surface area contributed by atoms with Crippen molar-refractivity contribution in [3.8, 4) is 0 Å². The average molecular weight is 220 g/mol. The maximum absolute atomic E-state index is 5.92. The number of nitrogen functional groups attached to an aromatic ring is 1. The summed E-state index contributed by atoms with van der Waals surface area (Å²) in [7, 11) is 0. The van der Waals surface area contributed by atoms with Crippen molar-refractivity contribution >= 4 is 11.4 Å². The zero-order valence-electron chi connectivity index (χ0n) is 10.7. The normalized spacial score (nSPS) is 10.8. The van der Waals surface area contributed by atoms with E-state index in [2.05, 4.69) is 38.2 Å². The van der Waals surface area contributed by atoms with E-state index in [-0.39, 0.29) is 0 Å². The summed E-state index contributed by atoms with van der Waals surface area (Å²) in [5.41, 5.74) is 9.05. The van der Waals surface area contributed by atoms with Crippen LogP contribution in [0.3, 0.4) is 0 Å². The third-order valence-corrected chi connectivity index (χ3v) is 2.73. The van der Waals surface area contributed by atoms with Crippen molar-refractivity contribution in [1.29, 1.82) is 0 Å². The molecular formula is C14H24N2. The molecule has 0 unspecified atom stereocenters. The maximum atomic E-state index is 5.92. The molecule has 0 saturated carbocycles. The van der Waals surface area contributed by atoms with E-state index in [4.69, 9.17) is 5.73 Å². The Bertz CT molecular complexity index is 319. The van der Waals surface area contributed by atoms with Gasteiger partial charge in [0.15, 0.2) is 0 Å². The van der Waals surface area contributed by atoms with Crippen LogP contribution in [0.5, 0.6) is 0 Å². The van der Waals surface area contributed by atoms with Gasteiger partial charge in [-0.25, -0.2) is 0 Å². The van der Waals surface area contributed by atoms with Gasteiger partial charge in [0.25, 0.3) is 0 Å². The molecule has 0 heterocycles. The zero-order chi connectivity index (χ0) is 12.0. The number of hydrogen-bond acceptors (Lipinski definition) is 2. The molecule has 0 radical (unpaired) electrons. The molecule has 1 aromatic carbocycles. The van der Waals surface area contributed by atoms with E-state index >= 15 is 0 Å². The Hall–Kier alpha value is -1.18. The van der Waals surface area contributed by atoms with Crippen molar-refractivity contribution in [1.82, 2.24) is 0 Å². The molecule has 2 heteroatoms. The first kappa shape index (κ1) is 12.9. The van der Waals surface area contributed by atoms with E-state index in [0.717, 1.165) is 23.8 Å². The summed E-state index contributed by atoms with van der Waals surface area (Å²) in [6.45, 7) is 7.61. The number of benzene rings is 1. The molecule has 2 nitrogen and oxygen atoms in total. The number of hydrogen-bond donors (Lipinski definition) is 2. The van der Waals surface area contributed by atoms with Crippen molar-refractivity contribution in [2.75, 3.05) is 17.6 Å². The van der Waals surface area contributed by atoms with Gasteiger partial charge in [-0.15, -0.1) is 0 Å². The maximum Gasteiger partial charge on any atom is 0.0574 e. The molecule has 0 bridgehead atoms. The molecular weight excluding hydrogens is 196 g/mol. The van der Waals surface area contributed by atoms with Crippen LogP contribution in [0.4, 0.5) is 11.4 Å². The summed E-state index contributed by atoms with van der Waals surface area (Å²) >= 11 is 0. The van der Waals surface area contributed by atoms with Crippen LogP contribution in [-0.2, 0) is 0 Å². The molecule has 3 N–H and O–H groups in total. The smallest absolute Gasteiger partial charge is 0.0574 e. The molecule has 0 fully saturated rings. The molecule has 0 aliphatic carbocycles. The lowest BCUT2D eigenvalue weighted by Crippen LogP contribution is -2.04. The molecule has 0 aromatic heterocycles. The minimum atomic E-state index is 0.810. The van der Waals surface area contributed by atoms with Crippen LogP contribution in [0, 0.1) is 12.8 Å². The van der Waals surface area contributed by atoms with E-state index in [1.165, 1.54) is 24.8 Å². The van der Waals surface area contributed by atoms with Crippen LogP contribution in [0.1, 0.15) is 38.7 Å². The van der Waals surface area contributed by atoms with Gasteiger partial charge in [0, 0.05) is 6.54 Å². The number of rotatable bonds is 6. The van der Waals surface area contributed by atoms with E-state index in [0.29, 0.717) is 0 Å². The summed E-state index contributed by atoms with van der Waals surface area (Å²) < 4.78 is 0. The van der Waals surface area contributed by atoms with Crippen LogP contribution in [0.15, 0.2) is 18.2 Å². The SMILES string of the molecule is Cc1ccc(NCCCCC(C)C)c(N)c1. The van der Waals surface area contributed by atoms with Crippen molar-refractivity contribution in [3.63, 3.8) is 0 Å². The molecule has 1 aromatic rings. The van der Waals surface area contributed by atoms with Gasteiger partial charge in [0.1, 0.15) is 0 Å². The summed E-state index contributed by atoms with van der Waals surface area (Å²) in [5.74, 6) is 0.810. The predicted molar refractivity (Wildman–Crippen MR) is 72.8 cm³/mol. The zero-order valence-corrected chi connectivity index (χ0v) is 10.7. The lowest BCUT2D eigenvalue weighted by atomic mass is 10.1. The summed E-state index contributed by atoms with van der Waals surface area (Å²) in [6, 6.07) is 6.16. The second kappa shape index (κ2) is 6.41. The van der Waals surface area contributed by atoms with E-state index in [9.17, 15) is 0 Å². The Kier molecular flexibility index (Phi) is 5.17. The van der Waals surface area contributed by atoms with Gasteiger partial charge < -0.3 is 11.1 Å². The fourth-order valence-electron chi connectivity index (χ4n) is 1.74. The average Bonchev–Trinajstić information content (AvgIpc) is 2.20. The summed E-state index contributed by atoms with van der Waals surface area (Å²) in [4.78, 5) is 0. The Morgan fingerprint density at radius 2 is 2.00 bits per heavy atom. The van der Waals surface area contributed by atoms with E-state index < -0.39 is 0 Å². The molecule has 0 saturated heterocycles. The lowest BCUT2D eigenvalue weighted by Gasteiger charge is -2.10. The summed E-state index contributed by atoms with van der Waals surface area (Å²) in [6.07, 6.45) is 3.81. The van der Waals surface area contributed by atoms with E-state index in [1.54, 1.807) is 0 Å². The van der Waals surface area contributed by atoms with Gasteiger partial charge in [-0.05, 0) is 37.0 Å².